The summed E-state index contributed by atoms with van der Waals surface area (Å²) in [6.45, 7) is 2.03. The van der Waals surface area contributed by atoms with Crippen LogP contribution in [0.3, 0.4) is 0 Å². The quantitative estimate of drug-likeness (QED) is 0.459. The molecule has 0 unspecified atom stereocenters. The number of carbonyl (C=O) groups is 1. The zero-order chi connectivity index (χ0) is 15.2. The van der Waals surface area contributed by atoms with Crippen LogP contribution >= 0.6 is 11.8 Å². The summed E-state index contributed by atoms with van der Waals surface area (Å²) >= 11 is 1.51. The van der Waals surface area contributed by atoms with Crippen LogP contribution in [-0.2, 0) is 5.75 Å². The molecule has 5 heteroatoms. The number of non-ortho nitro benzene ring substituents is 1. The van der Waals surface area contributed by atoms with Crippen molar-refractivity contribution in [2.75, 3.05) is 5.75 Å². The zero-order valence-electron chi connectivity index (χ0n) is 11.6. The fourth-order valence-electron chi connectivity index (χ4n) is 1.94. The maximum Gasteiger partial charge on any atom is 0.270 e. The third-order valence-corrected chi connectivity index (χ3v) is 3.97. The molecule has 0 bridgehead atoms. The molecular weight excluding hydrogens is 286 g/mol. The van der Waals surface area contributed by atoms with Gasteiger partial charge in [0.05, 0.1) is 10.7 Å². The van der Waals surface area contributed by atoms with E-state index in [9.17, 15) is 14.9 Å². The summed E-state index contributed by atoms with van der Waals surface area (Å²) in [5, 5.41) is 10.7. The van der Waals surface area contributed by atoms with Crippen LogP contribution in [0.2, 0.25) is 0 Å². The van der Waals surface area contributed by atoms with E-state index in [0.29, 0.717) is 11.3 Å². The summed E-state index contributed by atoms with van der Waals surface area (Å²) < 4.78 is 0. The second-order valence-corrected chi connectivity index (χ2v) is 5.70. The highest BCUT2D eigenvalue weighted by Gasteiger charge is 2.11. The second-order valence-electron chi connectivity index (χ2n) is 4.71. The van der Waals surface area contributed by atoms with Gasteiger partial charge in [-0.15, -0.1) is 11.8 Å². The molecule has 0 heterocycles. The highest BCUT2D eigenvalue weighted by Crippen LogP contribution is 2.18. The van der Waals surface area contributed by atoms with E-state index in [1.807, 2.05) is 25.1 Å². The first kappa shape index (κ1) is 15.3. The third kappa shape index (κ3) is 4.43. The molecule has 0 aliphatic rings. The number of aryl methyl sites for hydroxylation is 1. The fraction of sp³-hybridized carbons (Fsp3) is 0.188. The standard InChI is InChI=1S/C16H15NO3S/c1-12-4-2-5-13(8-12)10-21-11-16(18)14-6-3-7-15(9-14)17(19)20/h2-9H,10-11H2,1H3. The maximum absolute atomic E-state index is 12.0. The smallest absolute Gasteiger partial charge is 0.270 e. The minimum atomic E-state index is -0.489. The predicted octanol–water partition coefficient (Wildman–Crippen LogP) is 4.02. The van der Waals surface area contributed by atoms with Crippen molar-refractivity contribution in [1.82, 2.24) is 0 Å². The second kappa shape index (κ2) is 7.04. The van der Waals surface area contributed by atoms with Gasteiger partial charge in [-0.1, -0.05) is 42.0 Å². The Bertz CT molecular complexity index is 670. The lowest BCUT2D eigenvalue weighted by Crippen LogP contribution is -2.03. The fourth-order valence-corrected chi connectivity index (χ4v) is 2.81. The van der Waals surface area contributed by atoms with Gasteiger partial charge in [0.25, 0.3) is 5.69 Å². The van der Waals surface area contributed by atoms with Gasteiger partial charge < -0.3 is 0 Å². The van der Waals surface area contributed by atoms with E-state index in [2.05, 4.69) is 6.07 Å². The Morgan fingerprint density at radius 1 is 1.19 bits per heavy atom. The summed E-state index contributed by atoms with van der Waals surface area (Å²) in [5.74, 6) is 0.980. The zero-order valence-corrected chi connectivity index (χ0v) is 12.4. The SMILES string of the molecule is Cc1cccc(CSCC(=O)c2cccc([N+](=O)[O-])c2)c1. The summed E-state index contributed by atoms with van der Waals surface area (Å²) in [7, 11) is 0. The van der Waals surface area contributed by atoms with Crippen molar-refractivity contribution in [3.63, 3.8) is 0 Å². The predicted molar refractivity (Wildman–Crippen MR) is 84.8 cm³/mol. The summed E-state index contributed by atoms with van der Waals surface area (Å²) in [5.41, 5.74) is 2.70. The lowest BCUT2D eigenvalue weighted by Gasteiger charge is -2.03. The van der Waals surface area contributed by atoms with E-state index in [1.54, 1.807) is 6.07 Å². The monoisotopic (exact) mass is 301 g/mol. The van der Waals surface area contributed by atoms with Crippen LogP contribution in [0.15, 0.2) is 48.5 Å². The van der Waals surface area contributed by atoms with Crippen molar-refractivity contribution >= 4 is 23.2 Å². The van der Waals surface area contributed by atoms with Crippen LogP contribution in [0.5, 0.6) is 0 Å². The highest BCUT2D eigenvalue weighted by atomic mass is 32.2. The van der Waals surface area contributed by atoms with Gasteiger partial charge in [-0.3, -0.25) is 14.9 Å². The number of hydrogen-bond donors (Lipinski definition) is 0. The molecule has 0 spiro atoms. The first-order valence-electron chi connectivity index (χ1n) is 6.47. The lowest BCUT2D eigenvalue weighted by molar-refractivity contribution is -0.384. The molecule has 21 heavy (non-hydrogen) atoms. The van der Waals surface area contributed by atoms with Crippen molar-refractivity contribution in [3.05, 3.63) is 75.3 Å². The minimum Gasteiger partial charge on any atom is -0.293 e. The highest BCUT2D eigenvalue weighted by molar-refractivity contribution is 7.99. The summed E-state index contributed by atoms with van der Waals surface area (Å²) in [6.07, 6.45) is 0. The molecule has 108 valence electrons. The van der Waals surface area contributed by atoms with Crippen molar-refractivity contribution in [2.45, 2.75) is 12.7 Å². The van der Waals surface area contributed by atoms with Gasteiger partial charge in [-0.2, -0.15) is 0 Å². The Morgan fingerprint density at radius 2 is 1.95 bits per heavy atom. The molecule has 0 amide bonds. The first-order valence-corrected chi connectivity index (χ1v) is 7.62. The Morgan fingerprint density at radius 3 is 2.67 bits per heavy atom. The first-order chi connectivity index (χ1) is 10.1. The average Bonchev–Trinajstić information content (AvgIpc) is 2.47. The Balaban J connectivity index is 1.93. The molecule has 2 rings (SSSR count). The molecule has 2 aromatic rings. The number of Topliss-reactive ketones (excluding diaryl/α,β-unsaturated/α-hetero) is 1. The number of hydrogen-bond acceptors (Lipinski definition) is 4. The van der Waals surface area contributed by atoms with Gasteiger partial charge in [0.15, 0.2) is 5.78 Å². The van der Waals surface area contributed by atoms with E-state index < -0.39 is 4.92 Å². The van der Waals surface area contributed by atoms with Crippen LogP contribution in [0.4, 0.5) is 5.69 Å². The van der Waals surface area contributed by atoms with Gasteiger partial charge in [0.1, 0.15) is 0 Å². The third-order valence-electron chi connectivity index (χ3n) is 2.96. The minimum absolute atomic E-state index is 0.0514. The molecular formula is C16H15NO3S. The molecule has 0 fully saturated rings. The van der Waals surface area contributed by atoms with Crippen LogP contribution in [0.25, 0.3) is 0 Å². The topological polar surface area (TPSA) is 60.2 Å². The molecule has 0 radical (unpaired) electrons. The number of nitro groups is 1. The van der Waals surface area contributed by atoms with Crippen LogP contribution < -0.4 is 0 Å². The number of rotatable bonds is 6. The maximum atomic E-state index is 12.0. The van der Waals surface area contributed by atoms with Crippen LogP contribution in [-0.4, -0.2) is 16.5 Å². The van der Waals surface area contributed by atoms with Gasteiger partial charge in [-0.25, -0.2) is 0 Å². The molecule has 0 aliphatic carbocycles. The molecule has 2 aromatic carbocycles. The normalized spacial score (nSPS) is 10.3. The van der Waals surface area contributed by atoms with E-state index in [0.717, 1.165) is 5.75 Å². The number of carbonyl (C=O) groups excluding carboxylic acids is 1. The van der Waals surface area contributed by atoms with E-state index in [1.165, 1.54) is 41.1 Å². The molecule has 0 aromatic heterocycles. The molecule has 0 aliphatic heterocycles. The van der Waals surface area contributed by atoms with Crippen LogP contribution in [0.1, 0.15) is 21.5 Å². The lowest BCUT2D eigenvalue weighted by atomic mass is 10.1. The van der Waals surface area contributed by atoms with Crippen LogP contribution in [0, 0.1) is 17.0 Å². The molecule has 0 N–H and O–H groups in total. The molecule has 0 atom stereocenters. The van der Waals surface area contributed by atoms with E-state index in [-0.39, 0.29) is 11.5 Å². The number of nitrogens with zero attached hydrogens (tertiary/aromatic N) is 1. The number of nitro benzene ring substituents is 1. The Hall–Kier alpha value is -2.14. The largest absolute Gasteiger partial charge is 0.293 e. The molecule has 0 saturated heterocycles. The summed E-state index contributed by atoms with van der Waals surface area (Å²) in [6, 6.07) is 14.0. The van der Waals surface area contributed by atoms with Gasteiger partial charge in [-0.05, 0) is 12.5 Å². The molecule has 0 saturated carbocycles. The van der Waals surface area contributed by atoms with Crippen molar-refractivity contribution in [3.8, 4) is 0 Å². The number of benzene rings is 2. The van der Waals surface area contributed by atoms with Crippen molar-refractivity contribution in [1.29, 1.82) is 0 Å². The van der Waals surface area contributed by atoms with Crippen molar-refractivity contribution in [2.24, 2.45) is 0 Å². The van der Waals surface area contributed by atoms with E-state index >= 15 is 0 Å². The van der Waals surface area contributed by atoms with E-state index in [4.69, 9.17) is 0 Å². The number of thioether (sulfide) groups is 1. The Kier molecular flexibility index (Phi) is 5.11. The van der Waals surface area contributed by atoms with Gasteiger partial charge >= 0.3 is 0 Å². The number of ketones is 1. The van der Waals surface area contributed by atoms with Gasteiger partial charge in [0.2, 0.25) is 0 Å². The Labute approximate surface area is 127 Å². The summed E-state index contributed by atoms with van der Waals surface area (Å²) in [4.78, 5) is 22.2. The average molecular weight is 301 g/mol. The van der Waals surface area contributed by atoms with Gasteiger partial charge in [0, 0.05) is 23.4 Å². The molecule has 4 nitrogen and oxygen atoms in total. The van der Waals surface area contributed by atoms with Crippen molar-refractivity contribution < 1.29 is 9.72 Å².